The van der Waals surface area contributed by atoms with Crippen LogP contribution in [0.15, 0.2) is 64.2 Å². The Morgan fingerprint density at radius 3 is 2.48 bits per heavy atom. The van der Waals surface area contributed by atoms with Gasteiger partial charge in [-0.05, 0) is 62.6 Å². The number of nitrogens with one attached hydrogen (secondary N) is 1. The second kappa shape index (κ2) is 9.20. The minimum atomic E-state index is -1.06. The number of amides is 1. The molecule has 0 aromatic heterocycles. The maximum atomic E-state index is 12.5. The smallest absolute Gasteiger partial charge is 0.341 e. The van der Waals surface area contributed by atoms with Crippen LogP contribution in [-0.4, -0.2) is 36.9 Å². The standard InChI is InChI=1S/C21H17BrN2O5/c1-28-19-10-15-5-3-2-4-14(15)9-16(19)21(27)24-23-11-13-6-7-18(17(22)8-13)29-12-20(25)26/h2-11H,12H2,1H3,(H,24,27)(H,25,26). The fourth-order valence-corrected chi connectivity index (χ4v) is 3.16. The van der Waals surface area contributed by atoms with Crippen LogP contribution >= 0.6 is 15.9 Å². The molecular weight excluding hydrogens is 440 g/mol. The minimum absolute atomic E-state index is 0.377. The Balaban J connectivity index is 1.72. The number of methoxy groups -OCH3 is 1. The maximum Gasteiger partial charge on any atom is 0.341 e. The number of hydrogen-bond donors (Lipinski definition) is 2. The van der Waals surface area contributed by atoms with Crippen LogP contribution in [0.2, 0.25) is 0 Å². The van der Waals surface area contributed by atoms with Gasteiger partial charge in [0, 0.05) is 0 Å². The van der Waals surface area contributed by atoms with Crippen molar-refractivity contribution in [3.63, 3.8) is 0 Å². The van der Waals surface area contributed by atoms with Gasteiger partial charge in [-0.15, -0.1) is 0 Å². The molecule has 3 aromatic rings. The van der Waals surface area contributed by atoms with Crippen molar-refractivity contribution in [2.45, 2.75) is 0 Å². The molecule has 148 valence electrons. The highest BCUT2D eigenvalue weighted by Crippen LogP contribution is 2.26. The SMILES string of the molecule is COc1cc2ccccc2cc1C(=O)NN=Cc1ccc(OCC(=O)O)c(Br)c1. The van der Waals surface area contributed by atoms with Gasteiger partial charge in [0.25, 0.3) is 5.91 Å². The van der Waals surface area contributed by atoms with E-state index < -0.39 is 18.5 Å². The second-order valence-corrected chi connectivity index (χ2v) is 6.83. The van der Waals surface area contributed by atoms with E-state index in [1.165, 1.54) is 13.3 Å². The molecule has 2 N–H and O–H groups in total. The zero-order valence-electron chi connectivity index (χ0n) is 15.4. The highest BCUT2D eigenvalue weighted by molar-refractivity contribution is 9.10. The molecule has 0 fully saturated rings. The molecule has 3 rings (SSSR count). The van der Waals surface area contributed by atoms with Gasteiger partial charge in [-0.3, -0.25) is 4.79 Å². The molecule has 1 amide bonds. The zero-order chi connectivity index (χ0) is 20.8. The summed E-state index contributed by atoms with van der Waals surface area (Å²) >= 11 is 3.31. The van der Waals surface area contributed by atoms with E-state index in [1.807, 2.05) is 24.3 Å². The molecule has 0 saturated heterocycles. The molecule has 0 radical (unpaired) electrons. The lowest BCUT2D eigenvalue weighted by molar-refractivity contribution is -0.139. The molecule has 0 aliphatic rings. The van der Waals surface area contributed by atoms with Crippen LogP contribution in [0.5, 0.6) is 11.5 Å². The van der Waals surface area contributed by atoms with Gasteiger partial charge < -0.3 is 14.6 Å². The van der Waals surface area contributed by atoms with Crippen LogP contribution in [0.25, 0.3) is 10.8 Å². The molecule has 3 aromatic carbocycles. The number of aliphatic carboxylic acids is 1. The van der Waals surface area contributed by atoms with Gasteiger partial charge in [0.15, 0.2) is 6.61 Å². The lowest BCUT2D eigenvalue weighted by Gasteiger charge is -2.09. The van der Waals surface area contributed by atoms with Gasteiger partial charge >= 0.3 is 5.97 Å². The van der Waals surface area contributed by atoms with Gasteiger partial charge in [0.2, 0.25) is 0 Å². The van der Waals surface area contributed by atoms with Gasteiger partial charge in [-0.2, -0.15) is 5.10 Å². The molecular formula is C21H17BrN2O5. The number of hydrogen-bond acceptors (Lipinski definition) is 5. The van der Waals surface area contributed by atoms with Crippen LogP contribution in [0.4, 0.5) is 0 Å². The minimum Gasteiger partial charge on any atom is -0.496 e. The van der Waals surface area contributed by atoms with E-state index in [2.05, 4.69) is 26.5 Å². The summed E-state index contributed by atoms with van der Waals surface area (Å²) in [4.78, 5) is 23.1. The summed E-state index contributed by atoms with van der Waals surface area (Å²) in [6.07, 6.45) is 1.47. The first-order chi connectivity index (χ1) is 14.0. The van der Waals surface area contributed by atoms with Crippen LogP contribution in [0, 0.1) is 0 Å². The molecule has 0 unspecified atom stereocenters. The largest absolute Gasteiger partial charge is 0.496 e. The van der Waals surface area contributed by atoms with Crippen molar-refractivity contribution in [2.75, 3.05) is 13.7 Å². The summed E-state index contributed by atoms with van der Waals surface area (Å²) in [6.45, 7) is -0.435. The molecule has 8 heteroatoms. The second-order valence-electron chi connectivity index (χ2n) is 5.97. The Morgan fingerprint density at radius 2 is 1.83 bits per heavy atom. The van der Waals surface area contributed by atoms with Crippen molar-refractivity contribution in [3.8, 4) is 11.5 Å². The van der Waals surface area contributed by atoms with Gasteiger partial charge in [0.05, 0.1) is 23.4 Å². The van der Waals surface area contributed by atoms with Crippen LogP contribution in [-0.2, 0) is 4.79 Å². The van der Waals surface area contributed by atoms with Gasteiger partial charge in [-0.25, -0.2) is 10.2 Å². The maximum absolute atomic E-state index is 12.5. The molecule has 0 saturated carbocycles. The summed E-state index contributed by atoms with van der Waals surface area (Å²) in [5, 5.41) is 14.5. The monoisotopic (exact) mass is 456 g/mol. The van der Waals surface area contributed by atoms with E-state index >= 15 is 0 Å². The molecule has 0 spiro atoms. The number of rotatable bonds is 7. The number of fused-ring (bicyclic) bond motifs is 1. The van der Waals surface area contributed by atoms with E-state index in [-0.39, 0.29) is 0 Å². The summed E-state index contributed by atoms with van der Waals surface area (Å²) in [5.41, 5.74) is 3.55. The lowest BCUT2D eigenvalue weighted by atomic mass is 10.1. The number of carbonyl (C=O) groups excluding carboxylic acids is 1. The molecule has 29 heavy (non-hydrogen) atoms. The van der Waals surface area contributed by atoms with E-state index in [0.29, 0.717) is 27.1 Å². The summed E-state index contributed by atoms with van der Waals surface area (Å²) in [5.74, 6) is -0.604. The van der Waals surface area contributed by atoms with Gasteiger partial charge in [-0.1, -0.05) is 24.3 Å². The third kappa shape index (κ3) is 5.11. The van der Waals surface area contributed by atoms with E-state index in [4.69, 9.17) is 14.6 Å². The number of benzene rings is 3. The Labute approximate surface area is 175 Å². The zero-order valence-corrected chi connectivity index (χ0v) is 17.0. The number of hydrazone groups is 1. The Hall–Kier alpha value is -3.39. The van der Waals surface area contributed by atoms with Crippen molar-refractivity contribution < 1.29 is 24.2 Å². The highest BCUT2D eigenvalue weighted by Gasteiger charge is 2.13. The quantitative estimate of drug-likeness (QED) is 0.415. The number of halogens is 1. The number of ether oxygens (including phenoxy) is 2. The van der Waals surface area contributed by atoms with Crippen molar-refractivity contribution >= 4 is 44.8 Å². The van der Waals surface area contributed by atoms with Crippen LogP contribution in [0.3, 0.4) is 0 Å². The summed E-state index contributed by atoms with van der Waals surface area (Å²) in [7, 11) is 1.51. The summed E-state index contributed by atoms with van der Waals surface area (Å²) in [6, 6.07) is 16.2. The first-order valence-corrected chi connectivity index (χ1v) is 9.31. The first kappa shape index (κ1) is 20.3. The van der Waals surface area contributed by atoms with Crippen LogP contribution < -0.4 is 14.9 Å². The highest BCUT2D eigenvalue weighted by atomic mass is 79.9. The number of carbonyl (C=O) groups is 2. The average Bonchev–Trinajstić information content (AvgIpc) is 2.71. The number of nitrogens with zero attached hydrogens (tertiary/aromatic N) is 1. The Kier molecular flexibility index (Phi) is 6.46. The molecule has 0 heterocycles. The van der Waals surface area contributed by atoms with Crippen molar-refractivity contribution in [1.82, 2.24) is 5.43 Å². The predicted octanol–water partition coefficient (Wildman–Crippen LogP) is 3.84. The Morgan fingerprint density at radius 1 is 1.10 bits per heavy atom. The van der Waals surface area contributed by atoms with E-state index in [0.717, 1.165) is 10.8 Å². The predicted molar refractivity (Wildman–Crippen MR) is 113 cm³/mol. The fourth-order valence-electron chi connectivity index (χ4n) is 2.65. The molecule has 0 atom stereocenters. The van der Waals surface area contributed by atoms with Crippen molar-refractivity contribution in [3.05, 3.63) is 70.2 Å². The normalized spacial score (nSPS) is 10.8. The average molecular weight is 457 g/mol. The van der Waals surface area contributed by atoms with Gasteiger partial charge in [0.1, 0.15) is 11.5 Å². The fraction of sp³-hybridized carbons (Fsp3) is 0.0952. The van der Waals surface area contributed by atoms with Crippen molar-refractivity contribution in [1.29, 1.82) is 0 Å². The Bertz CT molecular complexity index is 1100. The molecule has 0 aliphatic carbocycles. The molecule has 0 bridgehead atoms. The van der Waals surface area contributed by atoms with Crippen molar-refractivity contribution in [2.24, 2.45) is 5.10 Å². The topological polar surface area (TPSA) is 97.2 Å². The molecule has 0 aliphatic heterocycles. The number of carboxylic acid groups (broad SMARTS) is 1. The van der Waals surface area contributed by atoms with E-state index in [1.54, 1.807) is 30.3 Å². The third-order valence-corrected chi connectivity index (χ3v) is 4.62. The van der Waals surface area contributed by atoms with E-state index in [9.17, 15) is 9.59 Å². The van der Waals surface area contributed by atoms with Crippen LogP contribution in [0.1, 0.15) is 15.9 Å². The number of carboxylic acids is 1. The lowest BCUT2D eigenvalue weighted by Crippen LogP contribution is -2.18. The third-order valence-electron chi connectivity index (χ3n) is 4.00. The molecule has 7 nitrogen and oxygen atoms in total. The summed E-state index contributed by atoms with van der Waals surface area (Å²) < 4.78 is 11.0. The first-order valence-electron chi connectivity index (χ1n) is 8.52.